The van der Waals surface area contributed by atoms with Gasteiger partial charge in [-0.1, -0.05) is 37.3 Å². The van der Waals surface area contributed by atoms with E-state index in [1.165, 1.54) is 31.5 Å². The Morgan fingerprint density at radius 2 is 1.89 bits per heavy atom. The molecular weight excluding hydrogens is 234 g/mol. The van der Waals surface area contributed by atoms with E-state index >= 15 is 0 Å². The standard InChI is InChI=1S/C17H27NO/c1-3-15(2)19-14-13-18-11-9-17(10-12-18)16-7-5-4-6-8-16/h4-8,15,17H,3,9-14H2,1-2H3. The number of likely N-dealkylation sites (tertiary alicyclic amines) is 1. The highest BCUT2D eigenvalue weighted by Crippen LogP contribution is 2.27. The van der Waals surface area contributed by atoms with E-state index in [2.05, 4.69) is 49.1 Å². The number of rotatable bonds is 6. The molecule has 1 atom stereocenters. The van der Waals surface area contributed by atoms with Crippen molar-refractivity contribution in [3.8, 4) is 0 Å². The van der Waals surface area contributed by atoms with Crippen molar-refractivity contribution >= 4 is 0 Å². The molecule has 2 rings (SSSR count). The predicted molar refractivity (Wildman–Crippen MR) is 80.6 cm³/mol. The minimum absolute atomic E-state index is 0.404. The molecule has 1 aromatic carbocycles. The number of ether oxygens (including phenoxy) is 1. The van der Waals surface area contributed by atoms with Gasteiger partial charge < -0.3 is 9.64 Å². The van der Waals surface area contributed by atoms with Gasteiger partial charge in [-0.15, -0.1) is 0 Å². The highest BCUT2D eigenvalue weighted by molar-refractivity contribution is 5.19. The molecule has 2 heteroatoms. The number of hydrogen-bond acceptors (Lipinski definition) is 2. The zero-order valence-corrected chi connectivity index (χ0v) is 12.3. The smallest absolute Gasteiger partial charge is 0.0597 e. The second kappa shape index (κ2) is 7.66. The van der Waals surface area contributed by atoms with E-state index in [0.29, 0.717) is 6.10 Å². The lowest BCUT2D eigenvalue weighted by Crippen LogP contribution is -2.35. The fraction of sp³-hybridized carbons (Fsp3) is 0.647. The molecule has 0 saturated carbocycles. The molecule has 1 unspecified atom stereocenters. The third-order valence-electron chi connectivity index (χ3n) is 4.24. The minimum atomic E-state index is 0.404. The molecule has 19 heavy (non-hydrogen) atoms. The maximum absolute atomic E-state index is 5.76. The molecule has 0 N–H and O–H groups in total. The first-order valence-corrected chi connectivity index (χ1v) is 7.68. The second-order valence-electron chi connectivity index (χ2n) is 5.62. The van der Waals surface area contributed by atoms with Gasteiger partial charge in [0.2, 0.25) is 0 Å². The van der Waals surface area contributed by atoms with Gasteiger partial charge in [0.1, 0.15) is 0 Å². The van der Waals surface area contributed by atoms with Gasteiger partial charge in [-0.05, 0) is 50.8 Å². The van der Waals surface area contributed by atoms with Crippen LogP contribution in [0.4, 0.5) is 0 Å². The summed E-state index contributed by atoms with van der Waals surface area (Å²) in [7, 11) is 0. The van der Waals surface area contributed by atoms with Crippen LogP contribution in [0.1, 0.15) is 44.6 Å². The van der Waals surface area contributed by atoms with Gasteiger partial charge in [0.05, 0.1) is 12.7 Å². The predicted octanol–water partition coefficient (Wildman–Crippen LogP) is 3.68. The van der Waals surface area contributed by atoms with E-state index in [1.807, 2.05) is 0 Å². The fourth-order valence-electron chi connectivity index (χ4n) is 2.72. The Hall–Kier alpha value is -0.860. The van der Waals surface area contributed by atoms with E-state index in [4.69, 9.17) is 4.74 Å². The van der Waals surface area contributed by atoms with Gasteiger partial charge in [0.15, 0.2) is 0 Å². The van der Waals surface area contributed by atoms with E-state index in [0.717, 1.165) is 25.5 Å². The lowest BCUT2D eigenvalue weighted by Gasteiger charge is -2.32. The highest BCUT2D eigenvalue weighted by Gasteiger charge is 2.20. The van der Waals surface area contributed by atoms with E-state index < -0.39 is 0 Å². The largest absolute Gasteiger partial charge is 0.377 e. The van der Waals surface area contributed by atoms with Gasteiger partial charge in [0.25, 0.3) is 0 Å². The summed E-state index contributed by atoms with van der Waals surface area (Å²) in [5.74, 6) is 0.757. The summed E-state index contributed by atoms with van der Waals surface area (Å²) in [6.45, 7) is 8.72. The molecule has 0 radical (unpaired) electrons. The molecule has 1 heterocycles. The fourth-order valence-corrected chi connectivity index (χ4v) is 2.72. The molecule has 1 fully saturated rings. The molecule has 1 aromatic rings. The van der Waals surface area contributed by atoms with Gasteiger partial charge in [-0.3, -0.25) is 0 Å². The van der Waals surface area contributed by atoms with Gasteiger partial charge in [0, 0.05) is 6.54 Å². The summed E-state index contributed by atoms with van der Waals surface area (Å²) in [4.78, 5) is 2.54. The number of nitrogens with zero attached hydrogens (tertiary/aromatic N) is 1. The van der Waals surface area contributed by atoms with Crippen LogP contribution in [0.2, 0.25) is 0 Å². The zero-order chi connectivity index (χ0) is 13.5. The van der Waals surface area contributed by atoms with Gasteiger partial charge >= 0.3 is 0 Å². The lowest BCUT2D eigenvalue weighted by molar-refractivity contribution is 0.0418. The van der Waals surface area contributed by atoms with Crippen LogP contribution in [-0.4, -0.2) is 37.2 Å². The van der Waals surface area contributed by atoms with Crippen molar-refractivity contribution in [2.75, 3.05) is 26.2 Å². The first-order valence-electron chi connectivity index (χ1n) is 7.68. The second-order valence-corrected chi connectivity index (χ2v) is 5.62. The SMILES string of the molecule is CCC(C)OCCN1CCC(c2ccccc2)CC1. The Kier molecular flexibility index (Phi) is 5.87. The van der Waals surface area contributed by atoms with Crippen molar-refractivity contribution in [1.82, 2.24) is 4.90 Å². The van der Waals surface area contributed by atoms with Crippen LogP contribution in [0.3, 0.4) is 0 Å². The molecule has 0 aliphatic carbocycles. The molecule has 1 aliphatic rings. The number of hydrogen-bond donors (Lipinski definition) is 0. The van der Waals surface area contributed by atoms with Gasteiger partial charge in [-0.2, -0.15) is 0 Å². The average molecular weight is 261 g/mol. The monoisotopic (exact) mass is 261 g/mol. The number of benzene rings is 1. The maximum atomic E-state index is 5.76. The van der Waals surface area contributed by atoms with Crippen molar-refractivity contribution in [1.29, 1.82) is 0 Å². The maximum Gasteiger partial charge on any atom is 0.0597 e. The van der Waals surface area contributed by atoms with Crippen molar-refractivity contribution in [3.63, 3.8) is 0 Å². The Labute approximate surface area is 117 Å². The number of piperidine rings is 1. The van der Waals surface area contributed by atoms with Crippen molar-refractivity contribution in [2.45, 2.75) is 45.1 Å². The molecular formula is C17H27NO. The van der Waals surface area contributed by atoms with Gasteiger partial charge in [-0.25, -0.2) is 0 Å². The first-order chi connectivity index (χ1) is 9.29. The Balaban J connectivity index is 1.68. The van der Waals surface area contributed by atoms with E-state index in [9.17, 15) is 0 Å². The minimum Gasteiger partial charge on any atom is -0.377 e. The molecule has 1 aliphatic heterocycles. The molecule has 1 saturated heterocycles. The van der Waals surface area contributed by atoms with Crippen LogP contribution < -0.4 is 0 Å². The summed E-state index contributed by atoms with van der Waals surface area (Å²) in [6, 6.07) is 11.0. The summed E-state index contributed by atoms with van der Waals surface area (Å²) >= 11 is 0. The Morgan fingerprint density at radius 3 is 2.53 bits per heavy atom. The average Bonchev–Trinajstić information content (AvgIpc) is 2.48. The molecule has 0 amide bonds. The lowest BCUT2D eigenvalue weighted by atomic mass is 9.89. The van der Waals surface area contributed by atoms with Crippen LogP contribution >= 0.6 is 0 Å². The first kappa shape index (κ1) is 14.5. The summed E-state index contributed by atoms with van der Waals surface area (Å²) in [5, 5.41) is 0. The normalized spacial score (nSPS) is 19.5. The molecule has 2 nitrogen and oxygen atoms in total. The van der Waals surface area contributed by atoms with Crippen molar-refractivity contribution < 1.29 is 4.74 Å². The summed E-state index contributed by atoms with van der Waals surface area (Å²) < 4.78 is 5.76. The summed E-state index contributed by atoms with van der Waals surface area (Å²) in [5.41, 5.74) is 1.51. The molecule has 0 spiro atoms. The third-order valence-corrected chi connectivity index (χ3v) is 4.24. The van der Waals surface area contributed by atoms with Crippen LogP contribution in [0.25, 0.3) is 0 Å². The van der Waals surface area contributed by atoms with E-state index in [1.54, 1.807) is 0 Å². The van der Waals surface area contributed by atoms with Crippen LogP contribution in [0, 0.1) is 0 Å². The molecule has 0 aromatic heterocycles. The Morgan fingerprint density at radius 1 is 1.21 bits per heavy atom. The van der Waals surface area contributed by atoms with E-state index in [-0.39, 0.29) is 0 Å². The Bertz CT molecular complexity index is 344. The topological polar surface area (TPSA) is 12.5 Å². The highest BCUT2D eigenvalue weighted by atomic mass is 16.5. The van der Waals surface area contributed by atoms with Crippen LogP contribution in [-0.2, 0) is 4.74 Å². The molecule has 0 bridgehead atoms. The van der Waals surface area contributed by atoms with Crippen LogP contribution in [0.5, 0.6) is 0 Å². The van der Waals surface area contributed by atoms with Crippen molar-refractivity contribution in [2.24, 2.45) is 0 Å². The van der Waals surface area contributed by atoms with Crippen LogP contribution in [0.15, 0.2) is 30.3 Å². The zero-order valence-electron chi connectivity index (χ0n) is 12.3. The quantitative estimate of drug-likeness (QED) is 0.774. The van der Waals surface area contributed by atoms with Crippen molar-refractivity contribution in [3.05, 3.63) is 35.9 Å². The molecule has 106 valence electrons. The summed E-state index contributed by atoms with van der Waals surface area (Å²) in [6.07, 6.45) is 4.08. The third kappa shape index (κ3) is 4.63.